The number of aliphatic hydroxyl groups is 2. The first kappa shape index (κ1) is 21.0. The van der Waals surface area contributed by atoms with Crippen LogP contribution in [0.2, 0.25) is 0 Å². The first-order valence-electron chi connectivity index (χ1n) is 9.39. The molecule has 160 valence electrons. The Hall–Kier alpha value is -4.27. The van der Waals surface area contributed by atoms with Crippen molar-refractivity contribution in [2.75, 3.05) is 0 Å². The highest BCUT2D eigenvalue weighted by molar-refractivity contribution is 6.14. The lowest BCUT2D eigenvalue weighted by atomic mass is 9.89. The minimum absolute atomic E-state index is 0.0105. The molecule has 0 heterocycles. The van der Waals surface area contributed by atoms with Crippen molar-refractivity contribution in [1.82, 2.24) is 0 Å². The van der Waals surface area contributed by atoms with Gasteiger partial charge in [-0.2, -0.15) is 0 Å². The average Bonchev–Trinajstić information content (AvgIpc) is 2.76. The molecule has 0 aliphatic heterocycles. The lowest BCUT2D eigenvalue weighted by Crippen LogP contribution is -2.05. The van der Waals surface area contributed by atoms with E-state index in [-0.39, 0.29) is 38.6 Å². The van der Waals surface area contributed by atoms with E-state index < -0.39 is 24.2 Å². The van der Waals surface area contributed by atoms with Gasteiger partial charge in [-0.1, -0.05) is 30.3 Å². The summed E-state index contributed by atoms with van der Waals surface area (Å²) in [6.07, 6.45) is -1.94. The van der Waals surface area contributed by atoms with Crippen LogP contribution in [0.5, 0.6) is 0 Å². The van der Waals surface area contributed by atoms with E-state index in [1.54, 1.807) is 6.07 Å². The molecule has 0 fully saturated rings. The van der Waals surface area contributed by atoms with Gasteiger partial charge < -0.3 is 25.5 Å². The van der Waals surface area contributed by atoms with E-state index in [4.69, 9.17) is 0 Å². The Morgan fingerprint density at radius 3 is 2.06 bits per heavy atom. The molecule has 0 saturated heterocycles. The molecular weight excluding hydrogens is 416 g/mol. The summed E-state index contributed by atoms with van der Waals surface area (Å²) in [4.78, 5) is 35.0. The first-order chi connectivity index (χ1) is 15.2. The maximum atomic E-state index is 12.2. The van der Waals surface area contributed by atoms with Gasteiger partial charge in [-0.25, -0.2) is 14.4 Å². The predicted octanol–water partition coefficient (Wildman–Crippen LogP) is 3.74. The van der Waals surface area contributed by atoms with Crippen LogP contribution < -0.4 is 0 Å². The molecule has 4 aromatic carbocycles. The summed E-state index contributed by atoms with van der Waals surface area (Å²) in [6, 6.07) is 14.5. The van der Waals surface area contributed by atoms with Gasteiger partial charge in [0.05, 0.1) is 16.7 Å². The molecule has 4 rings (SSSR count). The van der Waals surface area contributed by atoms with Crippen molar-refractivity contribution in [1.29, 1.82) is 0 Å². The second kappa shape index (κ2) is 7.77. The Morgan fingerprint density at radius 1 is 0.688 bits per heavy atom. The largest absolute Gasteiger partial charge is 0.478 e. The normalized spacial score (nSPS) is 11.2. The Kier molecular flexibility index (Phi) is 5.09. The highest BCUT2D eigenvalue weighted by Gasteiger charge is 2.21. The molecular formula is C24H16O8. The van der Waals surface area contributed by atoms with Gasteiger partial charge in [-0.15, -0.1) is 0 Å². The Balaban J connectivity index is 2.06. The van der Waals surface area contributed by atoms with Crippen LogP contribution in [0.1, 0.15) is 42.9 Å². The van der Waals surface area contributed by atoms with Crippen LogP contribution in [0.15, 0.2) is 60.7 Å². The van der Waals surface area contributed by atoms with Gasteiger partial charge >= 0.3 is 17.9 Å². The Labute approximate surface area is 180 Å². The smallest absolute Gasteiger partial charge is 0.336 e. The Morgan fingerprint density at radius 2 is 1.44 bits per heavy atom. The van der Waals surface area contributed by atoms with Crippen molar-refractivity contribution in [2.24, 2.45) is 0 Å². The van der Waals surface area contributed by atoms with Crippen LogP contribution in [0.25, 0.3) is 32.7 Å². The van der Waals surface area contributed by atoms with Crippen molar-refractivity contribution < 1.29 is 39.9 Å². The molecule has 4 aromatic rings. The SMILES string of the molecule is O=C(O)c1ccc2cc(-c3ccc4c(C(=O)O)cccc4c3C(=O)O)cc(C(O)O)c2c1. The van der Waals surface area contributed by atoms with E-state index in [9.17, 15) is 39.9 Å². The fourth-order valence-corrected chi connectivity index (χ4v) is 3.90. The van der Waals surface area contributed by atoms with E-state index in [1.807, 2.05) is 0 Å². The molecule has 0 atom stereocenters. The summed E-state index contributed by atoms with van der Waals surface area (Å²) in [6.45, 7) is 0. The van der Waals surface area contributed by atoms with Gasteiger partial charge in [-0.3, -0.25) is 0 Å². The first-order valence-corrected chi connectivity index (χ1v) is 9.39. The molecule has 0 spiro atoms. The molecule has 32 heavy (non-hydrogen) atoms. The summed E-state index contributed by atoms with van der Waals surface area (Å²) in [5.74, 6) is -3.64. The third-order valence-electron chi connectivity index (χ3n) is 5.33. The lowest BCUT2D eigenvalue weighted by molar-refractivity contribution is -0.0413. The quantitative estimate of drug-likeness (QED) is 0.299. The van der Waals surface area contributed by atoms with Crippen LogP contribution in [0.4, 0.5) is 0 Å². The molecule has 0 amide bonds. The number of benzene rings is 4. The van der Waals surface area contributed by atoms with E-state index in [0.717, 1.165) is 0 Å². The van der Waals surface area contributed by atoms with Gasteiger partial charge in [0.25, 0.3) is 0 Å². The maximum absolute atomic E-state index is 12.2. The molecule has 0 bridgehead atoms. The number of hydrogen-bond acceptors (Lipinski definition) is 5. The minimum atomic E-state index is -1.94. The number of aliphatic hydroxyl groups excluding tert-OH is 1. The second-order valence-electron chi connectivity index (χ2n) is 7.18. The zero-order valence-electron chi connectivity index (χ0n) is 16.3. The predicted molar refractivity (Wildman–Crippen MR) is 115 cm³/mol. The summed E-state index contributed by atoms with van der Waals surface area (Å²) < 4.78 is 0. The number of carbonyl (C=O) groups is 3. The van der Waals surface area contributed by atoms with Gasteiger partial charge in [0, 0.05) is 5.56 Å². The molecule has 0 aliphatic rings. The second-order valence-corrected chi connectivity index (χ2v) is 7.18. The number of fused-ring (bicyclic) bond motifs is 2. The van der Waals surface area contributed by atoms with Crippen LogP contribution in [-0.4, -0.2) is 43.4 Å². The van der Waals surface area contributed by atoms with Crippen LogP contribution >= 0.6 is 0 Å². The number of rotatable bonds is 5. The van der Waals surface area contributed by atoms with Crippen molar-refractivity contribution in [3.63, 3.8) is 0 Å². The maximum Gasteiger partial charge on any atom is 0.336 e. The standard InChI is InChI=1S/C24H16O8/c25-21(26)12-5-4-11-8-13(10-19(23(29)30)18(11)9-12)14-6-7-15-16(20(14)24(31)32)2-1-3-17(15)22(27)28/h1-10,23,29-30H,(H,25,26)(H,27,28)(H,31,32). The molecule has 8 heteroatoms. The highest BCUT2D eigenvalue weighted by Crippen LogP contribution is 2.36. The van der Waals surface area contributed by atoms with Crippen LogP contribution in [-0.2, 0) is 0 Å². The minimum Gasteiger partial charge on any atom is -0.478 e. The van der Waals surface area contributed by atoms with Gasteiger partial charge in [-0.05, 0) is 63.0 Å². The summed E-state index contributed by atoms with van der Waals surface area (Å²) >= 11 is 0. The molecule has 0 unspecified atom stereocenters. The average molecular weight is 432 g/mol. The van der Waals surface area contributed by atoms with E-state index in [0.29, 0.717) is 16.3 Å². The fraction of sp³-hybridized carbons (Fsp3) is 0.0417. The molecule has 5 N–H and O–H groups in total. The highest BCUT2D eigenvalue weighted by atomic mass is 16.5. The molecule has 0 aliphatic carbocycles. The third kappa shape index (κ3) is 3.43. The Bertz CT molecular complexity index is 1440. The fourth-order valence-electron chi connectivity index (χ4n) is 3.90. The van der Waals surface area contributed by atoms with Crippen LogP contribution in [0.3, 0.4) is 0 Å². The summed E-state index contributed by atoms with van der Waals surface area (Å²) in [5, 5.41) is 49.7. The lowest BCUT2D eigenvalue weighted by Gasteiger charge is -2.16. The number of aromatic carboxylic acids is 3. The molecule has 0 radical (unpaired) electrons. The number of carboxylic acid groups (broad SMARTS) is 3. The summed E-state index contributed by atoms with van der Waals surface area (Å²) in [5.41, 5.74) is 0.400. The van der Waals surface area contributed by atoms with Gasteiger partial charge in [0.2, 0.25) is 0 Å². The third-order valence-corrected chi connectivity index (χ3v) is 5.33. The van der Waals surface area contributed by atoms with Crippen molar-refractivity contribution in [2.45, 2.75) is 6.29 Å². The van der Waals surface area contributed by atoms with Gasteiger partial charge in [0.1, 0.15) is 0 Å². The van der Waals surface area contributed by atoms with Crippen molar-refractivity contribution >= 4 is 39.5 Å². The monoisotopic (exact) mass is 432 g/mol. The van der Waals surface area contributed by atoms with E-state index in [1.165, 1.54) is 54.6 Å². The molecule has 0 aromatic heterocycles. The van der Waals surface area contributed by atoms with Crippen LogP contribution in [0, 0.1) is 0 Å². The van der Waals surface area contributed by atoms with Crippen molar-refractivity contribution in [3.05, 3.63) is 82.9 Å². The van der Waals surface area contributed by atoms with Crippen molar-refractivity contribution in [3.8, 4) is 11.1 Å². The zero-order chi connectivity index (χ0) is 23.2. The summed E-state index contributed by atoms with van der Waals surface area (Å²) in [7, 11) is 0. The number of hydrogen-bond donors (Lipinski definition) is 5. The van der Waals surface area contributed by atoms with E-state index >= 15 is 0 Å². The molecule has 0 saturated carbocycles. The number of carboxylic acids is 3. The zero-order valence-corrected chi connectivity index (χ0v) is 16.3. The topological polar surface area (TPSA) is 152 Å². The van der Waals surface area contributed by atoms with Gasteiger partial charge in [0.15, 0.2) is 6.29 Å². The van der Waals surface area contributed by atoms with E-state index in [2.05, 4.69) is 0 Å². The molecule has 8 nitrogen and oxygen atoms in total.